The van der Waals surface area contributed by atoms with Gasteiger partial charge in [-0.15, -0.1) is 10.2 Å². The van der Waals surface area contributed by atoms with Crippen molar-refractivity contribution in [1.82, 2.24) is 35.0 Å². The second-order valence-corrected chi connectivity index (χ2v) is 10.3. The highest BCUT2D eigenvalue weighted by Gasteiger charge is 2.26. The zero-order valence-electron chi connectivity index (χ0n) is 22.9. The minimum Gasteiger partial charge on any atom is -0.361 e. The van der Waals surface area contributed by atoms with E-state index in [0.717, 1.165) is 39.9 Å². The number of hydrogen-bond donors (Lipinski definition) is 3. The van der Waals surface area contributed by atoms with Crippen LogP contribution in [0.15, 0.2) is 116 Å². The third-order valence-electron chi connectivity index (χ3n) is 7.68. The van der Waals surface area contributed by atoms with E-state index >= 15 is 0 Å². The SMILES string of the molecule is O=C(N[C@H](Cc1c[nH]c2ccccc12)c1nnc(CCc2c[nH]c3ccccc23)n1-c1ccccc1)c1ccccn1. The first-order valence-electron chi connectivity index (χ1n) is 14.1. The summed E-state index contributed by atoms with van der Waals surface area (Å²) < 4.78 is 2.09. The molecule has 8 heteroatoms. The van der Waals surface area contributed by atoms with Crippen LogP contribution in [0.5, 0.6) is 0 Å². The number of rotatable bonds is 9. The number of nitrogens with zero attached hydrogens (tertiary/aromatic N) is 4. The highest BCUT2D eigenvalue weighted by molar-refractivity contribution is 5.92. The molecule has 206 valence electrons. The lowest BCUT2D eigenvalue weighted by Gasteiger charge is -2.20. The van der Waals surface area contributed by atoms with Gasteiger partial charge in [0.1, 0.15) is 11.5 Å². The Morgan fingerprint density at radius 2 is 1.40 bits per heavy atom. The number of para-hydroxylation sites is 3. The van der Waals surface area contributed by atoms with Crippen molar-refractivity contribution in [2.75, 3.05) is 0 Å². The van der Waals surface area contributed by atoms with Gasteiger partial charge >= 0.3 is 0 Å². The number of aromatic amines is 2. The molecule has 0 saturated carbocycles. The number of carbonyl (C=O) groups is 1. The lowest BCUT2D eigenvalue weighted by Crippen LogP contribution is -2.32. The maximum atomic E-state index is 13.4. The second-order valence-electron chi connectivity index (χ2n) is 10.3. The molecule has 0 unspecified atom stereocenters. The Balaban J connectivity index is 1.28. The van der Waals surface area contributed by atoms with E-state index in [1.165, 1.54) is 10.9 Å². The summed E-state index contributed by atoms with van der Waals surface area (Å²) in [5.41, 5.74) is 5.78. The van der Waals surface area contributed by atoms with Crippen LogP contribution in [0.2, 0.25) is 0 Å². The zero-order valence-corrected chi connectivity index (χ0v) is 22.9. The van der Waals surface area contributed by atoms with Gasteiger partial charge in [0.25, 0.3) is 5.91 Å². The average Bonchev–Trinajstić information content (AvgIpc) is 3.77. The Labute approximate surface area is 242 Å². The molecule has 3 N–H and O–H groups in total. The molecule has 8 nitrogen and oxygen atoms in total. The molecule has 0 aliphatic heterocycles. The van der Waals surface area contributed by atoms with Gasteiger partial charge in [-0.2, -0.15) is 0 Å². The van der Waals surface area contributed by atoms with Gasteiger partial charge in [-0.1, -0.05) is 60.7 Å². The van der Waals surface area contributed by atoms with Crippen molar-refractivity contribution < 1.29 is 4.79 Å². The van der Waals surface area contributed by atoms with E-state index in [0.29, 0.717) is 24.4 Å². The molecule has 4 aromatic heterocycles. The van der Waals surface area contributed by atoms with Gasteiger partial charge in [0.15, 0.2) is 5.82 Å². The summed E-state index contributed by atoms with van der Waals surface area (Å²) in [4.78, 5) is 24.4. The molecule has 0 saturated heterocycles. The van der Waals surface area contributed by atoms with Crippen LogP contribution < -0.4 is 5.32 Å². The largest absolute Gasteiger partial charge is 0.361 e. The highest BCUT2D eigenvalue weighted by Crippen LogP contribution is 2.27. The monoisotopic (exact) mass is 551 g/mol. The van der Waals surface area contributed by atoms with Gasteiger partial charge in [0, 0.05) is 58.9 Å². The minimum atomic E-state index is -0.465. The smallest absolute Gasteiger partial charge is 0.270 e. The molecule has 0 spiro atoms. The molecule has 7 aromatic rings. The number of amides is 1. The van der Waals surface area contributed by atoms with E-state index in [-0.39, 0.29) is 5.91 Å². The van der Waals surface area contributed by atoms with Crippen LogP contribution >= 0.6 is 0 Å². The topological polar surface area (TPSA) is 104 Å². The number of hydrogen-bond acceptors (Lipinski definition) is 4. The van der Waals surface area contributed by atoms with Crippen molar-refractivity contribution in [3.63, 3.8) is 0 Å². The lowest BCUT2D eigenvalue weighted by atomic mass is 10.0. The maximum Gasteiger partial charge on any atom is 0.270 e. The van der Waals surface area contributed by atoms with Gasteiger partial charge in [0.05, 0.1) is 6.04 Å². The first-order valence-corrected chi connectivity index (χ1v) is 14.1. The normalized spacial score (nSPS) is 12.1. The summed E-state index contributed by atoms with van der Waals surface area (Å²) in [5.74, 6) is 1.24. The quantitative estimate of drug-likeness (QED) is 0.201. The van der Waals surface area contributed by atoms with Crippen LogP contribution in [0.3, 0.4) is 0 Å². The fourth-order valence-corrected chi connectivity index (χ4v) is 5.62. The van der Waals surface area contributed by atoms with E-state index in [2.05, 4.69) is 61.4 Å². The van der Waals surface area contributed by atoms with Gasteiger partial charge < -0.3 is 15.3 Å². The van der Waals surface area contributed by atoms with Crippen molar-refractivity contribution in [3.05, 3.63) is 144 Å². The Bertz CT molecular complexity index is 1970. The first kappa shape index (κ1) is 25.5. The molecular weight excluding hydrogens is 522 g/mol. The molecule has 0 aliphatic carbocycles. The summed E-state index contributed by atoms with van der Waals surface area (Å²) in [6, 6.07) is 31.4. The minimum absolute atomic E-state index is 0.261. The maximum absolute atomic E-state index is 13.4. The Kier molecular flexibility index (Phi) is 6.77. The molecule has 3 aromatic carbocycles. The summed E-state index contributed by atoms with van der Waals surface area (Å²) in [5, 5.41) is 15.0. The van der Waals surface area contributed by atoms with E-state index < -0.39 is 6.04 Å². The molecule has 4 heterocycles. The Morgan fingerprint density at radius 1 is 0.738 bits per heavy atom. The van der Waals surface area contributed by atoms with E-state index in [1.807, 2.05) is 60.8 Å². The van der Waals surface area contributed by atoms with Crippen molar-refractivity contribution in [2.24, 2.45) is 0 Å². The fourth-order valence-electron chi connectivity index (χ4n) is 5.62. The summed E-state index contributed by atoms with van der Waals surface area (Å²) in [6.45, 7) is 0. The Morgan fingerprint density at radius 3 is 2.14 bits per heavy atom. The van der Waals surface area contributed by atoms with Crippen LogP contribution in [0, 0.1) is 0 Å². The van der Waals surface area contributed by atoms with Crippen LogP contribution in [0.4, 0.5) is 0 Å². The van der Waals surface area contributed by atoms with E-state index in [9.17, 15) is 4.79 Å². The first-order chi connectivity index (χ1) is 20.7. The number of H-pyrrole nitrogens is 2. The molecular formula is C34H29N7O. The molecule has 1 atom stereocenters. The molecule has 0 aliphatic rings. The van der Waals surface area contributed by atoms with Gasteiger partial charge in [-0.25, -0.2) is 0 Å². The standard InChI is InChI=1S/C34H29N7O/c42-34(30-16-8-9-19-35-30)38-31(20-24-22-37-29-15-7-5-13-27(24)29)33-40-39-32(41(33)25-10-2-1-3-11-25)18-17-23-21-36-28-14-6-4-12-26(23)28/h1-16,19,21-22,31,36-37H,17-18,20H2,(H,38,42)/t31-/m1/s1. The number of benzene rings is 3. The van der Waals surface area contributed by atoms with Crippen LogP contribution in [-0.4, -0.2) is 35.6 Å². The number of fused-ring (bicyclic) bond motifs is 2. The van der Waals surface area contributed by atoms with E-state index in [4.69, 9.17) is 10.2 Å². The van der Waals surface area contributed by atoms with E-state index in [1.54, 1.807) is 18.3 Å². The van der Waals surface area contributed by atoms with Crippen LogP contribution in [0.25, 0.3) is 27.5 Å². The van der Waals surface area contributed by atoms with Crippen molar-refractivity contribution in [2.45, 2.75) is 25.3 Å². The number of aromatic nitrogens is 6. The van der Waals surface area contributed by atoms with Gasteiger partial charge in [-0.3, -0.25) is 14.3 Å². The molecule has 7 rings (SSSR count). The predicted molar refractivity (Wildman–Crippen MR) is 164 cm³/mol. The summed E-state index contributed by atoms with van der Waals surface area (Å²) >= 11 is 0. The average molecular weight is 552 g/mol. The third kappa shape index (κ3) is 4.94. The third-order valence-corrected chi connectivity index (χ3v) is 7.68. The van der Waals surface area contributed by atoms with Crippen LogP contribution in [-0.2, 0) is 19.3 Å². The number of carbonyl (C=O) groups excluding carboxylic acids is 1. The van der Waals surface area contributed by atoms with Gasteiger partial charge in [-0.05, 0) is 53.9 Å². The fraction of sp³-hybridized carbons (Fsp3) is 0.118. The van der Waals surface area contributed by atoms with Gasteiger partial charge in [0.2, 0.25) is 0 Å². The zero-order chi connectivity index (χ0) is 28.3. The summed E-state index contributed by atoms with van der Waals surface area (Å²) in [7, 11) is 0. The highest BCUT2D eigenvalue weighted by atomic mass is 16.2. The van der Waals surface area contributed by atoms with Crippen LogP contribution in [0.1, 0.15) is 39.3 Å². The molecule has 0 radical (unpaired) electrons. The van der Waals surface area contributed by atoms with Crippen molar-refractivity contribution in [1.29, 1.82) is 0 Å². The van der Waals surface area contributed by atoms with Crippen molar-refractivity contribution in [3.8, 4) is 5.69 Å². The van der Waals surface area contributed by atoms with Crippen molar-refractivity contribution >= 4 is 27.7 Å². The molecule has 0 fully saturated rings. The number of pyridine rings is 1. The number of aryl methyl sites for hydroxylation is 2. The predicted octanol–water partition coefficient (Wildman–Crippen LogP) is 6.12. The molecule has 42 heavy (non-hydrogen) atoms. The summed E-state index contributed by atoms with van der Waals surface area (Å²) in [6.07, 6.45) is 7.70. The Hall–Kier alpha value is -5.50. The molecule has 1 amide bonds. The second kappa shape index (κ2) is 11.2. The lowest BCUT2D eigenvalue weighted by molar-refractivity contribution is 0.0929. The number of nitrogens with one attached hydrogen (secondary N) is 3. The molecule has 0 bridgehead atoms.